The van der Waals surface area contributed by atoms with E-state index in [1.807, 2.05) is 0 Å². The van der Waals surface area contributed by atoms with E-state index >= 15 is 0 Å². The second-order valence-electron chi connectivity index (χ2n) is 5.95. The van der Waals surface area contributed by atoms with Crippen molar-refractivity contribution < 1.29 is 0 Å². The minimum Gasteiger partial charge on any atom is -0.310 e. The predicted molar refractivity (Wildman–Crippen MR) is 86.2 cm³/mol. The second-order valence-corrected chi connectivity index (χ2v) is 6.80. The molecule has 2 unspecified atom stereocenters. The van der Waals surface area contributed by atoms with Gasteiger partial charge in [0.05, 0.1) is 0 Å². The molecule has 2 heteroatoms. The third-order valence-electron chi connectivity index (χ3n) is 3.97. The summed E-state index contributed by atoms with van der Waals surface area (Å²) in [6, 6.07) is 8.88. The molecule has 3 atom stereocenters. The Morgan fingerprint density at radius 1 is 1.37 bits per heavy atom. The summed E-state index contributed by atoms with van der Waals surface area (Å²) in [7, 11) is 0. The lowest BCUT2D eigenvalue weighted by Crippen LogP contribution is -2.28. The molecule has 0 bridgehead atoms. The van der Waals surface area contributed by atoms with Crippen LogP contribution in [0.25, 0.3) is 0 Å². The predicted octanol–water partition coefficient (Wildman–Crippen LogP) is 5.09. The van der Waals surface area contributed by atoms with Crippen LogP contribution in [0, 0.1) is 11.8 Å². The third-order valence-corrected chi connectivity index (χ3v) is 4.69. The summed E-state index contributed by atoms with van der Waals surface area (Å²) >= 11 is 3.63. The van der Waals surface area contributed by atoms with Crippen LogP contribution in [-0.4, -0.2) is 6.54 Å². The molecule has 0 fully saturated rings. The highest BCUT2D eigenvalue weighted by molar-refractivity contribution is 9.10. The Morgan fingerprint density at radius 3 is 2.79 bits per heavy atom. The number of nitrogens with one attached hydrogen (secondary N) is 1. The van der Waals surface area contributed by atoms with Gasteiger partial charge in [-0.25, -0.2) is 0 Å². The normalized spacial score (nSPS) is 24.9. The van der Waals surface area contributed by atoms with E-state index < -0.39 is 0 Å². The van der Waals surface area contributed by atoms with E-state index in [-0.39, 0.29) is 0 Å². The molecule has 1 N–H and O–H groups in total. The highest BCUT2D eigenvalue weighted by atomic mass is 79.9. The molecule has 0 radical (unpaired) electrons. The molecule has 0 aromatic heterocycles. The molecule has 1 aliphatic rings. The fourth-order valence-corrected chi connectivity index (χ4v) is 3.75. The van der Waals surface area contributed by atoms with Gasteiger partial charge in [0.1, 0.15) is 0 Å². The first kappa shape index (κ1) is 14.8. The molecule has 1 nitrogen and oxygen atoms in total. The molecule has 104 valence electrons. The van der Waals surface area contributed by atoms with E-state index in [1.165, 1.54) is 22.9 Å². The Kier molecular flexibility index (Phi) is 5.23. The van der Waals surface area contributed by atoms with Crippen LogP contribution in [0.1, 0.15) is 45.2 Å². The smallest absolute Gasteiger partial charge is 0.0303 e. The van der Waals surface area contributed by atoms with Crippen LogP contribution < -0.4 is 5.32 Å². The Balaban J connectivity index is 1.89. The Labute approximate surface area is 125 Å². The topological polar surface area (TPSA) is 12.0 Å². The summed E-state index contributed by atoms with van der Waals surface area (Å²) in [4.78, 5) is 0. The van der Waals surface area contributed by atoms with Crippen LogP contribution in [0.2, 0.25) is 0 Å². The molecular formula is C17H24BrN. The fraction of sp³-hybridized carbons (Fsp3) is 0.529. The van der Waals surface area contributed by atoms with Crippen molar-refractivity contribution in [1.82, 2.24) is 5.32 Å². The van der Waals surface area contributed by atoms with Crippen molar-refractivity contribution in [3.8, 4) is 0 Å². The van der Waals surface area contributed by atoms with Crippen molar-refractivity contribution in [3.63, 3.8) is 0 Å². The summed E-state index contributed by atoms with van der Waals surface area (Å²) in [6.45, 7) is 7.94. The molecular weight excluding hydrogens is 298 g/mol. The lowest BCUT2D eigenvalue weighted by atomic mass is 9.83. The average molecular weight is 322 g/mol. The summed E-state index contributed by atoms with van der Waals surface area (Å²) in [6.07, 6.45) is 4.99. The minimum atomic E-state index is 0.400. The van der Waals surface area contributed by atoms with Gasteiger partial charge in [-0.05, 0) is 56.7 Å². The molecule has 2 rings (SSSR count). The van der Waals surface area contributed by atoms with E-state index in [0.29, 0.717) is 6.04 Å². The van der Waals surface area contributed by atoms with E-state index in [9.17, 15) is 0 Å². The molecule has 1 aliphatic carbocycles. The quantitative estimate of drug-likeness (QED) is 0.761. The molecule has 0 spiro atoms. The van der Waals surface area contributed by atoms with Crippen molar-refractivity contribution in [3.05, 3.63) is 46.0 Å². The Morgan fingerprint density at radius 2 is 2.11 bits per heavy atom. The van der Waals surface area contributed by atoms with Gasteiger partial charge in [0.2, 0.25) is 0 Å². The number of rotatable bonds is 4. The summed E-state index contributed by atoms with van der Waals surface area (Å²) < 4.78 is 1.20. The fourth-order valence-electron chi connectivity index (χ4n) is 3.12. The van der Waals surface area contributed by atoms with Gasteiger partial charge < -0.3 is 5.32 Å². The highest BCUT2D eigenvalue weighted by Gasteiger charge is 2.19. The summed E-state index contributed by atoms with van der Waals surface area (Å²) in [5.74, 6) is 1.52. The van der Waals surface area contributed by atoms with Gasteiger partial charge >= 0.3 is 0 Å². The molecule has 1 aromatic rings. The molecule has 0 saturated heterocycles. The maximum absolute atomic E-state index is 3.69. The summed E-state index contributed by atoms with van der Waals surface area (Å²) in [5, 5.41) is 3.69. The lowest BCUT2D eigenvalue weighted by Gasteiger charge is -2.27. The maximum Gasteiger partial charge on any atom is 0.0303 e. The van der Waals surface area contributed by atoms with Crippen molar-refractivity contribution in [1.29, 1.82) is 0 Å². The molecule has 1 aromatic carbocycles. The van der Waals surface area contributed by atoms with Gasteiger partial charge in [-0.15, -0.1) is 0 Å². The van der Waals surface area contributed by atoms with Crippen molar-refractivity contribution in [2.24, 2.45) is 11.8 Å². The zero-order valence-corrected chi connectivity index (χ0v) is 13.7. The Hall–Kier alpha value is -0.600. The van der Waals surface area contributed by atoms with Crippen LogP contribution in [0.3, 0.4) is 0 Å². The monoisotopic (exact) mass is 321 g/mol. The van der Waals surface area contributed by atoms with E-state index in [1.54, 1.807) is 5.57 Å². The number of benzene rings is 1. The molecule has 19 heavy (non-hydrogen) atoms. The van der Waals surface area contributed by atoms with E-state index in [2.05, 4.69) is 72.4 Å². The SMILES string of the molecule is CC1=CC(C)CC(CN[C@H](C)c2ccccc2Br)C1. The van der Waals surface area contributed by atoms with E-state index in [0.717, 1.165) is 18.4 Å². The largest absolute Gasteiger partial charge is 0.310 e. The maximum atomic E-state index is 3.69. The van der Waals surface area contributed by atoms with Crippen molar-refractivity contribution >= 4 is 15.9 Å². The van der Waals surface area contributed by atoms with Crippen molar-refractivity contribution in [2.75, 3.05) is 6.54 Å². The number of allylic oxidation sites excluding steroid dienone is 2. The minimum absolute atomic E-state index is 0.400. The number of halogens is 1. The van der Waals surface area contributed by atoms with E-state index in [4.69, 9.17) is 0 Å². The first-order valence-electron chi connectivity index (χ1n) is 7.21. The third kappa shape index (κ3) is 4.19. The van der Waals surface area contributed by atoms with Crippen molar-refractivity contribution in [2.45, 2.75) is 39.7 Å². The van der Waals surface area contributed by atoms with Crippen LogP contribution in [0.15, 0.2) is 40.4 Å². The second kappa shape index (κ2) is 6.71. The van der Waals surface area contributed by atoms with Crippen LogP contribution >= 0.6 is 15.9 Å². The highest BCUT2D eigenvalue weighted by Crippen LogP contribution is 2.28. The molecule has 0 heterocycles. The Bertz CT molecular complexity index is 452. The zero-order valence-electron chi connectivity index (χ0n) is 12.1. The number of hydrogen-bond donors (Lipinski definition) is 1. The van der Waals surface area contributed by atoms with Gasteiger partial charge in [-0.2, -0.15) is 0 Å². The van der Waals surface area contributed by atoms with Crippen LogP contribution in [0.4, 0.5) is 0 Å². The molecule has 0 aliphatic heterocycles. The standard InChI is InChI=1S/C17H24BrN/c1-12-8-13(2)10-15(9-12)11-19-14(3)16-6-4-5-7-17(16)18/h4-8,12,14-15,19H,9-11H2,1-3H3/t12?,14-,15?/m1/s1. The van der Waals surface area contributed by atoms with Crippen LogP contribution in [0.5, 0.6) is 0 Å². The van der Waals surface area contributed by atoms with Gasteiger partial charge in [-0.1, -0.05) is 52.7 Å². The molecule has 0 amide bonds. The average Bonchev–Trinajstić information content (AvgIpc) is 2.35. The first-order chi connectivity index (χ1) is 9.06. The molecule has 0 saturated carbocycles. The first-order valence-corrected chi connectivity index (χ1v) is 8.00. The lowest BCUT2D eigenvalue weighted by molar-refractivity contribution is 0.366. The van der Waals surface area contributed by atoms with Gasteiger partial charge in [0, 0.05) is 10.5 Å². The summed E-state index contributed by atoms with van der Waals surface area (Å²) in [5.41, 5.74) is 2.90. The van der Waals surface area contributed by atoms with Gasteiger partial charge in [0.15, 0.2) is 0 Å². The van der Waals surface area contributed by atoms with Gasteiger partial charge in [0.25, 0.3) is 0 Å². The number of hydrogen-bond acceptors (Lipinski definition) is 1. The van der Waals surface area contributed by atoms with Gasteiger partial charge in [-0.3, -0.25) is 0 Å². The zero-order chi connectivity index (χ0) is 13.8. The van der Waals surface area contributed by atoms with Crippen LogP contribution in [-0.2, 0) is 0 Å².